The number of rotatable bonds is 7. The van der Waals surface area contributed by atoms with Gasteiger partial charge in [-0.3, -0.25) is 9.69 Å². The third-order valence-electron chi connectivity index (χ3n) is 4.15. The van der Waals surface area contributed by atoms with Gasteiger partial charge in [-0.1, -0.05) is 31.3 Å². The Labute approximate surface area is 163 Å². The van der Waals surface area contributed by atoms with Crippen LogP contribution in [0, 0.1) is 5.82 Å². The molecule has 3 aromatic rings. The van der Waals surface area contributed by atoms with Crippen molar-refractivity contribution in [1.29, 1.82) is 0 Å². The van der Waals surface area contributed by atoms with E-state index in [2.05, 4.69) is 39.7 Å². The van der Waals surface area contributed by atoms with Crippen LogP contribution in [0.15, 0.2) is 39.4 Å². The standard InChI is InChI=1S/C18H19BrFN3O2S/c1-3-22(4-2)10-11-23(17(24)13-8-9-15(19)25-13)18-21-16-12(20)6-5-7-14(16)26-18/h5-9H,3-4,10-11H2,1-2H3. The van der Waals surface area contributed by atoms with Gasteiger partial charge in [0.15, 0.2) is 15.6 Å². The van der Waals surface area contributed by atoms with Gasteiger partial charge in [-0.15, -0.1) is 0 Å². The number of nitrogens with zero attached hydrogens (tertiary/aromatic N) is 3. The van der Waals surface area contributed by atoms with Gasteiger partial charge < -0.3 is 9.32 Å². The molecule has 0 spiro atoms. The molecule has 0 aliphatic rings. The molecule has 0 bridgehead atoms. The summed E-state index contributed by atoms with van der Waals surface area (Å²) >= 11 is 4.52. The van der Waals surface area contributed by atoms with E-state index in [1.54, 1.807) is 29.2 Å². The van der Waals surface area contributed by atoms with Gasteiger partial charge in [0, 0.05) is 13.1 Å². The molecule has 0 saturated heterocycles. The number of likely N-dealkylation sites (N-methyl/N-ethyl adjacent to an activating group) is 1. The minimum Gasteiger partial charge on any atom is -0.444 e. The SMILES string of the molecule is CCN(CC)CCN(C(=O)c1ccc(Br)o1)c1nc2c(F)cccc2s1. The first-order chi connectivity index (χ1) is 12.5. The van der Waals surface area contributed by atoms with Crippen LogP contribution in [0.2, 0.25) is 0 Å². The molecule has 1 aromatic carbocycles. The largest absolute Gasteiger partial charge is 0.444 e. The van der Waals surface area contributed by atoms with E-state index in [4.69, 9.17) is 4.42 Å². The molecular formula is C18H19BrFN3O2S. The lowest BCUT2D eigenvalue weighted by atomic mass is 10.3. The normalized spacial score (nSPS) is 11.4. The Bertz CT molecular complexity index is 907. The highest BCUT2D eigenvalue weighted by atomic mass is 79.9. The lowest BCUT2D eigenvalue weighted by molar-refractivity contribution is 0.0956. The second-order valence-corrected chi connectivity index (χ2v) is 7.46. The highest BCUT2D eigenvalue weighted by Crippen LogP contribution is 2.31. The highest BCUT2D eigenvalue weighted by molar-refractivity contribution is 9.10. The third kappa shape index (κ3) is 3.97. The van der Waals surface area contributed by atoms with E-state index >= 15 is 0 Å². The van der Waals surface area contributed by atoms with Crippen LogP contribution in [-0.2, 0) is 0 Å². The monoisotopic (exact) mass is 439 g/mol. The molecular weight excluding hydrogens is 421 g/mol. The van der Waals surface area contributed by atoms with Crippen LogP contribution in [0.25, 0.3) is 10.2 Å². The smallest absolute Gasteiger partial charge is 0.295 e. The van der Waals surface area contributed by atoms with Crippen molar-refractivity contribution >= 4 is 48.5 Å². The van der Waals surface area contributed by atoms with E-state index in [1.807, 2.05) is 0 Å². The maximum Gasteiger partial charge on any atom is 0.295 e. The molecule has 3 rings (SSSR count). The van der Waals surface area contributed by atoms with Crippen LogP contribution in [-0.4, -0.2) is 42.0 Å². The fraction of sp³-hybridized carbons (Fsp3) is 0.333. The van der Waals surface area contributed by atoms with Gasteiger partial charge in [0.2, 0.25) is 0 Å². The predicted octanol–water partition coefficient (Wildman–Crippen LogP) is 4.78. The summed E-state index contributed by atoms with van der Waals surface area (Å²) in [5.41, 5.74) is 0.286. The summed E-state index contributed by atoms with van der Waals surface area (Å²) in [4.78, 5) is 21.1. The molecule has 0 aliphatic carbocycles. The van der Waals surface area contributed by atoms with E-state index in [0.29, 0.717) is 27.6 Å². The van der Waals surface area contributed by atoms with Gasteiger partial charge in [-0.25, -0.2) is 9.37 Å². The lowest BCUT2D eigenvalue weighted by Gasteiger charge is -2.24. The van der Waals surface area contributed by atoms with Gasteiger partial charge in [0.25, 0.3) is 5.91 Å². The molecule has 1 amide bonds. The van der Waals surface area contributed by atoms with Gasteiger partial charge in [0.1, 0.15) is 11.3 Å². The van der Waals surface area contributed by atoms with Crippen LogP contribution in [0.4, 0.5) is 9.52 Å². The first-order valence-electron chi connectivity index (χ1n) is 8.38. The molecule has 0 atom stereocenters. The quantitative estimate of drug-likeness (QED) is 0.531. The van der Waals surface area contributed by atoms with Gasteiger partial charge >= 0.3 is 0 Å². The number of benzene rings is 1. The minimum atomic E-state index is -0.387. The number of carbonyl (C=O) groups is 1. The molecule has 0 saturated carbocycles. The van der Waals surface area contributed by atoms with Crippen molar-refractivity contribution in [3.63, 3.8) is 0 Å². The first kappa shape index (κ1) is 19.0. The summed E-state index contributed by atoms with van der Waals surface area (Å²) in [6.07, 6.45) is 0. The van der Waals surface area contributed by atoms with Crippen molar-refractivity contribution in [3.8, 4) is 0 Å². The first-order valence-corrected chi connectivity index (χ1v) is 9.99. The minimum absolute atomic E-state index is 0.219. The summed E-state index contributed by atoms with van der Waals surface area (Å²) < 4.78 is 20.6. The summed E-state index contributed by atoms with van der Waals surface area (Å²) in [5, 5.41) is 0.467. The van der Waals surface area contributed by atoms with Crippen molar-refractivity contribution in [2.75, 3.05) is 31.1 Å². The van der Waals surface area contributed by atoms with Crippen molar-refractivity contribution in [1.82, 2.24) is 9.88 Å². The number of carbonyl (C=O) groups excluding carboxylic acids is 1. The fourth-order valence-corrected chi connectivity index (χ4v) is 3.96. The molecule has 0 fully saturated rings. The molecule has 5 nitrogen and oxygen atoms in total. The van der Waals surface area contributed by atoms with E-state index < -0.39 is 0 Å². The number of fused-ring (bicyclic) bond motifs is 1. The number of aromatic nitrogens is 1. The Morgan fingerprint density at radius 1 is 1.23 bits per heavy atom. The number of furan rings is 1. The molecule has 8 heteroatoms. The number of hydrogen-bond donors (Lipinski definition) is 0. The summed E-state index contributed by atoms with van der Waals surface area (Å²) in [6, 6.07) is 8.11. The Hall–Kier alpha value is -1.77. The van der Waals surface area contributed by atoms with Crippen molar-refractivity contribution in [2.45, 2.75) is 13.8 Å². The molecule has 2 heterocycles. The maximum atomic E-state index is 14.0. The fourth-order valence-electron chi connectivity index (χ4n) is 2.65. The number of thiazole rings is 1. The van der Waals surface area contributed by atoms with Gasteiger partial charge in [-0.2, -0.15) is 0 Å². The van der Waals surface area contributed by atoms with E-state index in [-0.39, 0.29) is 23.0 Å². The average Bonchev–Trinajstić information content (AvgIpc) is 3.25. The lowest BCUT2D eigenvalue weighted by Crippen LogP contribution is -2.38. The molecule has 26 heavy (non-hydrogen) atoms. The number of hydrogen-bond acceptors (Lipinski definition) is 5. The third-order valence-corrected chi connectivity index (χ3v) is 5.62. The Morgan fingerprint density at radius 3 is 2.62 bits per heavy atom. The maximum absolute atomic E-state index is 14.0. The van der Waals surface area contributed by atoms with E-state index in [9.17, 15) is 9.18 Å². The zero-order chi connectivity index (χ0) is 18.7. The van der Waals surface area contributed by atoms with Crippen LogP contribution in [0.1, 0.15) is 24.4 Å². The van der Waals surface area contributed by atoms with Gasteiger partial charge in [-0.05, 0) is 53.3 Å². The average molecular weight is 440 g/mol. The molecule has 0 unspecified atom stereocenters. The Kier molecular flexibility index (Phi) is 6.05. The van der Waals surface area contributed by atoms with E-state index in [0.717, 1.165) is 13.1 Å². The molecule has 0 N–H and O–H groups in total. The van der Waals surface area contributed by atoms with Crippen molar-refractivity contribution < 1.29 is 13.6 Å². The molecule has 0 aliphatic heterocycles. The summed E-state index contributed by atoms with van der Waals surface area (Å²) in [5.74, 6) is -0.458. The van der Waals surface area contributed by atoms with Crippen LogP contribution < -0.4 is 4.90 Å². The van der Waals surface area contributed by atoms with Crippen LogP contribution in [0.5, 0.6) is 0 Å². The zero-order valence-corrected chi connectivity index (χ0v) is 16.9. The Balaban J connectivity index is 1.95. The van der Waals surface area contributed by atoms with Crippen molar-refractivity contribution in [3.05, 3.63) is 46.6 Å². The number of halogens is 2. The zero-order valence-electron chi connectivity index (χ0n) is 14.5. The Morgan fingerprint density at radius 2 is 2.00 bits per heavy atom. The number of amides is 1. The second kappa shape index (κ2) is 8.28. The van der Waals surface area contributed by atoms with Crippen molar-refractivity contribution in [2.24, 2.45) is 0 Å². The van der Waals surface area contributed by atoms with Crippen LogP contribution >= 0.6 is 27.3 Å². The topological polar surface area (TPSA) is 49.6 Å². The van der Waals surface area contributed by atoms with Crippen LogP contribution in [0.3, 0.4) is 0 Å². The summed E-state index contributed by atoms with van der Waals surface area (Å²) in [7, 11) is 0. The number of para-hydroxylation sites is 1. The molecule has 138 valence electrons. The second-order valence-electron chi connectivity index (χ2n) is 5.67. The molecule has 0 radical (unpaired) electrons. The molecule has 2 aromatic heterocycles. The highest BCUT2D eigenvalue weighted by Gasteiger charge is 2.24. The van der Waals surface area contributed by atoms with E-state index in [1.165, 1.54) is 17.4 Å². The number of anilines is 1. The summed E-state index contributed by atoms with van der Waals surface area (Å²) in [6.45, 7) is 7.07. The predicted molar refractivity (Wildman–Crippen MR) is 105 cm³/mol. The van der Waals surface area contributed by atoms with Gasteiger partial charge in [0.05, 0.1) is 4.70 Å².